The molecule has 1 amide bonds. The highest BCUT2D eigenvalue weighted by atomic mass is 16.8. The van der Waals surface area contributed by atoms with E-state index in [0.29, 0.717) is 6.42 Å². The Kier molecular flexibility index (Phi) is 56.8. The van der Waals surface area contributed by atoms with Crippen molar-refractivity contribution in [1.29, 1.82) is 0 Å². The molecule has 0 aromatic carbocycles. The smallest absolute Gasteiger partial charge is 0.220 e. The third kappa shape index (κ3) is 42.1. The minimum Gasteiger partial charge on any atom is -0.394 e. The summed E-state index contributed by atoms with van der Waals surface area (Å²) < 4.78 is 34.4. The fraction of sp³-hybridized carbons (Fsp3) is 0.771. The van der Waals surface area contributed by atoms with Crippen molar-refractivity contribution in [2.75, 3.05) is 26.4 Å². The molecular formula is C83H143NO18. The quantitative estimate of drug-likeness (QED) is 0.0199. The van der Waals surface area contributed by atoms with E-state index in [0.717, 1.165) is 96.3 Å². The minimum atomic E-state index is -1.98. The molecule has 588 valence electrons. The van der Waals surface area contributed by atoms with E-state index in [-0.39, 0.29) is 18.9 Å². The lowest BCUT2D eigenvalue weighted by Gasteiger charge is -2.48. The van der Waals surface area contributed by atoms with Gasteiger partial charge in [0.15, 0.2) is 18.9 Å². The number of rotatable bonds is 62. The van der Waals surface area contributed by atoms with Crippen LogP contribution in [-0.2, 0) is 33.2 Å². The minimum absolute atomic E-state index is 0.240. The first-order valence-corrected chi connectivity index (χ1v) is 40.1. The van der Waals surface area contributed by atoms with E-state index in [9.17, 15) is 61.0 Å². The maximum Gasteiger partial charge on any atom is 0.220 e. The van der Waals surface area contributed by atoms with Crippen LogP contribution in [0.2, 0.25) is 0 Å². The SMILES string of the molecule is CC/C=C\C/C=C\C/C=C\C/C=C\C/C=C\C/C=C\C/C=C\C/C=C\CCCCCCCCCCCCCCCCCCC(=O)NC(COC1OC(CO)C(OC2OC(CO)C(OC3OC(CO)C(O)C(O)C3O)C(O)C2O)C(O)C1O)C(O)/C=C/CCCCCCCCCCCCCCCC. The van der Waals surface area contributed by atoms with Crippen LogP contribution in [0.1, 0.15) is 277 Å². The zero-order valence-corrected chi connectivity index (χ0v) is 62.8. The van der Waals surface area contributed by atoms with Crippen LogP contribution in [0.5, 0.6) is 0 Å². The van der Waals surface area contributed by atoms with Crippen molar-refractivity contribution in [2.24, 2.45) is 0 Å². The molecule has 17 atom stereocenters. The molecule has 3 heterocycles. The molecule has 0 aromatic heterocycles. The van der Waals surface area contributed by atoms with E-state index in [4.69, 9.17) is 28.4 Å². The first kappa shape index (κ1) is 92.7. The molecule has 3 aliphatic heterocycles. The Morgan fingerprint density at radius 1 is 0.363 bits per heavy atom. The van der Waals surface area contributed by atoms with Crippen LogP contribution >= 0.6 is 0 Å². The molecular weight excluding hydrogens is 1300 g/mol. The number of carbonyl (C=O) groups excluding carboxylic acids is 1. The summed E-state index contributed by atoms with van der Waals surface area (Å²) >= 11 is 0. The Hall–Kier alpha value is -3.55. The number of hydrogen-bond acceptors (Lipinski definition) is 18. The molecule has 0 spiro atoms. The highest BCUT2D eigenvalue weighted by molar-refractivity contribution is 5.76. The van der Waals surface area contributed by atoms with E-state index in [1.807, 2.05) is 6.08 Å². The largest absolute Gasteiger partial charge is 0.394 e. The average molecular weight is 1440 g/mol. The Bertz CT molecular complexity index is 2270. The molecule has 0 bridgehead atoms. The zero-order valence-electron chi connectivity index (χ0n) is 62.8. The van der Waals surface area contributed by atoms with Crippen molar-refractivity contribution >= 4 is 5.91 Å². The van der Waals surface area contributed by atoms with Gasteiger partial charge in [0, 0.05) is 6.42 Å². The fourth-order valence-electron chi connectivity index (χ4n) is 12.9. The molecule has 19 heteroatoms. The van der Waals surface area contributed by atoms with Crippen molar-refractivity contribution in [3.05, 3.63) is 109 Å². The summed E-state index contributed by atoms with van der Waals surface area (Å²) in [7, 11) is 0. The second kappa shape index (κ2) is 62.5. The monoisotopic (exact) mass is 1440 g/mol. The average Bonchev–Trinajstić information content (AvgIpc) is 0.755. The highest BCUT2D eigenvalue weighted by Gasteiger charge is 2.54. The standard InChI is InChI=1S/C83H143NO18/c1-3-5-7-9-11-13-15-17-19-21-22-23-24-25-26-27-28-29-30-31-32-33-34-35-36-37-38-39-40-41-42-43-44-45-47-49-51-53-55-57-59-61-71(89)84-66(67(88)60-58-56-54-52-50-48-46-20-18-16-14-12-10-8-6-4-2)65-97-81-77(95)74(92)79(69(63-86)99-81)102-83-78(96)75(93)80(70(64-87)100-83)101-82-76(94)73(91)72(90)68(62-85)98-82/h5,7,11,13,17,19,22-23,25-26,28-29,31-32,34-35,58,60,66-70,72-83,85-88,90-96H,3-4,6,8-10,12,14-16,18,20-21,24,27,30,33,36-57,59,61-65H2,1-2H3,(H,84,89)/b7-5-,13-11-,19-17-,23-22-,26-25-,29-28-,32-31-,35-34-,60-58+. The summed E-state index contributed by atoms with van der Waals surface area (Å²) in [6, 6.07) is -0.978. The van der Waals surface area contributed by atoms with Crippen molar-refractivity contribution in [2.45, 2.75) is 381 Å². The van der Waals surface area contributed by atoms with Gasteiger partial charge < -0.3 is 89.9 Å². The second-order valence-corrected chi connectivity index (χ2v) is 28.1. The zero-order chi connectivity index (χ0) is 73.9. The van der Waals surface area contributed by atoms with Crippen molar-refractivity contribution in [1.82, 2.24) is 5.32 Å². The van der Waals surface area contributed by atoms with Crippen molar-refractivity contribution in [3.8, 4) is 0 Å². The summed E-state index contributed by atoms with van der Waals surface area (Å²) in [5.74, 6) is -0.277. The molecule has 12 N–H and O–H groups in total. The molecule has 3 rings (SSSR count). The van der Waals surface area contributed by atoms with Crippen molar-refractivity contribution in [3.63, 3.8) is 0 Å². The van der Waals surface area contributed by atoms with Gasteiger partial charge in [-0.2, -0.15) is 0 Å². The second-order valence-electron chi connectivity index (χ2n) is 28.1. The number of carbonyl (C=O) groups is 1. The predicted molar refractivity (Wildman–Crippen MR) is 406 cm³/mol. The molecule has 3 aliphatic rings. The van der Waals surface area contributed by atoms with Gasteiger partial charge in [-0.15, -0.1) is 0 Å². The van der Waals surface area contributed by atoms with Crippen LogP contribution in [-0.4, -0.2) is 193 Å². The van der Waals surface area contributed by atoms with E-state index in [2.05, 4.69) is 116 Å². The van der Waals surface area contributed by atoms with Crippen molar-refractivity contribution < 1.29 is 89.4 Å². The summed E-state index contributed by atoms with van der Waals surface area (Å²) in [6.07, 6.45) is 59.4. The van der Waals surface area contributed by atoms with Gasteiger partial charge in [0.1, 0.15) is 73.2 Å². The van der Waals surface area contributed by atoms with E-state index in [1.54, 1.807) is 6.08 Å². The van der Waals surface area contributed by atoms with Crippen LogP contribution in [0.15, 0.2) is 109 Å². The molecule has 3 saturated heterocycles. The number of aliphatic hydroxyl groups excluding tert-OH is 11. The molecule has 0 aromatic rings. The van der Waals surface area contributed by atoms with Gasteiger partial charge in [-0.1, -0.05) is 297 Å². The number of ether oxygens (including phenoxy) is 6. The van der Waals surface area contributed by atoms with E-state index >= 15 is 0 Å². The Morgan fingerprint density at radius 2 is 0.676 bits per heavy atom. The highest BCUT2D eigenvalue weighted by Crippen LogP contribution is 2.33. The fourth-order valence-corrected chi connectivity index (χ4v) is 12.9. The third-order valence-electron chi connectivity index (χ3n) is 19.3. The number of allylic oxidation sites excluding steroid dienone is 17. The molecule has 0 radical (unpaired) electrons. The molecule has 0 saturated carbocycles. The Balaban J connectivity index is 1.31. The summed E-state index contributed by atoms with van der Waals surface area (Å²) in [4.78, 5) is 13.5. The summed E-state index contributed by atoms with van der Waals surface area (Å²) in [5, 5.41) is 121. The third-order valence-corrected chi connectivity index (χ3v) is 19.3. The molecule has 0 aliphatic carbocycles. The number of unbranched alkanes of at least 4 members (excludes halogenated alkanes) is 30. The maximum atomic E-state index is 13.5. The van der Waals surface area contributed by atoms with Gasteiger partial charge >= 0.3 is 0 Å². The summed E-state index contributed by atoms with van der Waals surface area (Å²) in [5.41, 5.74) is 0. The van der Waals surface area contributed by atoms with Gasteiger partial charge in [0.25, 0.3) is 0 Å². The number of aliphatic hydroxyl groups is 11. The van der Waals surface area contributed by atoms with E-state index in [1.165, 1.54) is 154 Å². The first-order valence-electron chi connectivity index (χ1n) is 40.1. The number of amides is 1. The molecule has 3 fully saturated rings. The predicted octanol–water partition coefficient (Wildman–Crippen LogP) is 13.3. The molecule has 102 heavy (non-hydrogen) atoms. The Labute approximate surface area is 615 Å². The number of nitrogens with one attached hydrogen (secondary N) is 1. The van der Waals surface area contributed by atoms with Crippen LogP contribution < -0.4 is 5.32 Å². The first-order chi connectivity index (χ1) is 49.8. The van der Waals surface area contributed by atoms with Crippen LogP contribution in [0.4, 0.5) is 0 Å². The lowest BCUT2D eigenvalue weighted by Crippen LogP contribution is -2.66. The van der Waals surface area contributed by atoms with Gasteiger partial charge in [0.05, 0.1) is 38.6 Å². The van der Waals surface area contributed by atoms with Gasteiger partial charge in [-0.25, -0.2) is 0 Å². The van der Waals surface area contributed by atoms with Crippen LogP contribution in [0.3, 0.4) is 0 Å². The maximum absolute atomic E-state index is 13.5. The topological polar surface area (TPSA) is 307 Å². The lowest BCUT2D eigenvalue weighted by atomic mass is 9.96. The summed E-state index contributed by atoms with van der Waals surface area (Å²) in [6.45, 7) is 1.63. The Morgan fingerprint density at radius 3 is 1.06 bits per heavy atom. The van der Waals surface area contributed by atoms with Gasteiger partial charge in [0.2, 0.25) is 5.91 Å². The van der Waals surface area contributed by atoms with Gasteiger partial charge in [-0.05, 0) is 83.5 Å². The van der Waals surface area contributed by atoms with E-state index < -0.39 is 124 Å². The van der Waals surface area contributed by atoms with Crippen LogP contribution in [0, 0.1) is 0 Å². The normalized spacial score (nSPS) is 26.8. The van der Waals surface area contributed by atoms with Gasteiger partial charge in [-0.3, -0.25) is 4.79 Å². The molecule has 17 unspecified atom stereocenters. The molecule has 19 nitrogen and oxygen atoms in total. The van der Waals surface area contributed by atoms with Crippen LogP contribution in [0.25, 0.3) is 0 Å². The lowest BCUT2D eigenvalue weighted by molar-refractivity contribution is -0.379. The number of hydrogen-bond donors (Lipinski definition) is 12.